The van der Waals surface area contributed by atoms with E-state index >= 15 is 0 Å². The van der Waals surface area contributed by atoms with E-state index < -0.39 is 0 Å². The smallest absolute Gasteiger partial charge is 0.0132 e. The Morgan fingerprint density at radius 1 is 1.29 bits per heavy atom. The Hall–Kier alpha value is -0.0800. The molecule has 0 aromatic heterocycles. The lowest BCUT2D eigenvalue weighted by atomic mass is 10.0. The van der Waals surface area contributed by atoms with Gasteiger partial charge in [-0.3, -0.25) is 0 Å². The molecule has 0 bridgehead atoms. The fraction of sp³-hybridized carbons (Fsp3) is 1.00. The van der Waals surface area contributed by atoms with Crippen molar-refractivity contribution < 1.29 is 0 Å². The monoisotopic (exact) mass is 198 g/mol. The first-order valence-corrected chi connectivity index (χ1v) is 6.20. The molecule has 2 heteroatoms. The van der Waals surface area contributed by atoms with Crippen LogP contribution < -0.4 is 5.73 Å². The van der Waals surface area contributed by atoms with Gasteiger partial charge in [0.05, 0.1) is 0 Å². The average Bonchev–Trinajstić information content (AvgIpc) is 2.65. The normalized spacial score (nSPS) is 27.4. The SMILES string of the molecule is CCCCCN(C)C1CCCC1CN. The van der Waals surface area contributed by atoms with Crippen LogP contribution in [0.15, 0.2) is 0 Å². The largest absolute Gasteiger partial charge is 0.330 e. The number of nitrogens with zero attached hydrogens (tertiary/aromatic N) is 1. The lowest BCUT2D eigenvalue weighted by Crippen LogP contribution is -2.38. The summed E-state index contributed by atoms with van der Waals surface area (Å²) in [6.07, 6.45) is 8.12. The molecule has 1 aliphatic rings. The Labute approximate surface area is 88.8 Å². The van der Waals surface area contributed by atoms with Crippen LogP contribution in [0.2, 0.25) is 0 Å². The molecule has 0 saturated heterocycles. The standard InChI is InChI=1S/C12H26N2/c1-3-4-5-9-14(2)12-8-6-7-11(12)10-13/h11-12H,3-10,13H2,1-2H3. The molecule has 1 rings (SSSR count). The molecule has 0 spiro atoms. The third-order valence-electron chi connectivity index (χ3n) is 3.60. The quantitative estimate of drug-likeness (QED) is 0.663. The third kappa shape index (κ3) is 3.25. The fourth-order valence-electron chi connectivity index (χ4n) is 2.65. The molecule has 2 unspecified atom stereocenters. The first kappa shape index (κ1) is 12.0. The summed E-state index contributed by atoms with van der Waals surface area (Å²) in [5.41, 5.74) is 5.79. The first-order chi connectivity index (χ1) is 6.79. The maximum atomic E-state index is 5.79. The second-order valence-corrected chi connectivity index (χ2v) is 4.68. The van der Waals surface area contributed by atoms with Crippen LogP contribution in [-0.4, -0.2) is 31.1 Å². The summed E-state index contributed by atoms with van der Waals surface area (Å²) in [7, 11) is 2.27. The fourth-order valence-corrected chi connectivity index (χ4v) is 2.65. The first-order valence-electron chi connectivity index (χ1n) is 6.20. The van der Waals surface area contributed by atoms with E-state index in [1.165, 1.54) is 45.1 Å². The Morgan fingerprint density at radius 3 is 2.71 bits per heavy atom. The minimum atomic E-state index is 0.765. The molecule has 0 radical (unpaired) electrons. The second-order valence-electron chi connectivity index (χ2n) is 4.68. The molecule has 1 aliphatic carbocycles. The van der Waals surface area contributed by atoms with Crippen LogP contribution in [0.4, 0.5) is 0 Å². The highest BCUT2D eigenvalue weighted by molar-refractivity contribution is 4.84. The lowest BCUT2D eigenvalue weighted by Gasteiger charge is -2.29. The van der Waals surface area contributed by atoms with Crippen molar-refractivity contribution in [1.29, 1.82) is 0 Å². The zero-order valence-electron chi connectivity index (χ0n) is 9.84. The van der Waals surface area contributed by atoms with Crippen LogP contribution in [0.3, 0.4) is 0 Å². The molecule has 0 heterocycles. The van der Waals surface area contributed by atoms with E-state index in [1.807, 2.05) is 0 Å². The molecular formula is C12H26N2. The molecule has 1 fully saturated rings. The van der Waals surface area contributed by atoms with E-state index in [-0.39, 0.29) is 0 Å². The van der Waals surface area contributed by atoms with Gasteiger partial charge in [-0.1, -0.05) is 26.2 Å². The summed E-state index contributed by atoms with van der Waals surface area (Å²) in [6.45, 7) is 4.40. The number of hydrogen-bond donors (Lipinski definition) is 1. The highest BCUT2D eigenvalue weighted by atomic mass is 15.1. The second kappa shape index (κ2) is 6.41. The van der Waals surface area contributed by atoms with Gasteiger partial charge < -0.3 is 10.6 Å². The molecule has 0 aromatic carbocycles. The van der Waals surface area contributed by atoms with Gasteiger partial charge in [0.25, 0.3) is 0 Å². The number of rotatable bonds is 6. The molecule has 2 N–H and O–H groups in total. The molecule has 14 heavy (non-hydrogen) atoms. The highest BCUT2D eigenvalue weighted by Gasteiger charge is 2.28. The maximum absolute atomic E-state index is 5.79. The van der Waals surface area contributed by atoms with Crippen molar-refractivity contribution in [2.24, 2.45) is 11.7 Å². The molecular weight excluding hydrogens is 172 g/mol. The zero-order chi connectivity index (χ0) is 10.4. The lowest BCUT2D eigenvalue weighted by molar-refractivity contribution is 0.197. The van der Waals surface area contributed by atoms with Crippen LogP contribution in [0, 0.1) is 5.92 Å². The van der Waals surface area contributed by atoms with Gasteiger partial charge in [0, 0.05) is 6.04 Å². The molecule has 1 saturated carbocycles. The van der Waals surface area contributed by atoms with Gasteiger partial charge in [0.1, 0.15) is 0 Å². The van der Waals surface area contributed by atoms with Crippen molar-refractivity contribution in [2.45, 2.75) is 51.5 Å². The van der Waals surface area contributed by atoms with E-state index in [1.54, 1.807) is 0 Å². The van der Waals surface area contributed by atoms with Gasteiger partial charge in [-0.25, -0.2) is 0 Å². The van der Waals surface area contributed by atoms with Gasteiger partial charge in [-0.05, 0) is 45.3 Å². The van der Waals surface area contributed by atoms with Crippen LogP contribution in [0.5, 0.6) is 0 Å². The molecule has 2 nitrogen and oxygen atoms in total. The molecule has 0 aromatic rings. The van der Waals surface area contributed by atoms with E-state index in [2.05, 4.69) is 18.9 Å². The zero-order valence-corrected chi connectivity index (χ0v) is 9.84. The van der Waals surface area contributed by atoms with Gasteiger partial charge in [0.2, 0.25) is 0 Å². The Bertz CT molecular complexity index is 147. The molecule has 0 aliphatic heterocycles. The summed E-state index contributed by atoms with van der Waals surface area (Å²) < 4.78 is 0. The van der Waals surface area contributed by atoms with Crippen molar-refractivity contribution in [3.8, 4) is 0 Å². The van der Waals surface area contributed by atoms with Crippen LogP contribution in [0.1, 0.15) is 45.4 Å². The van der Waals surface area contributed by atoms with Crippen molar-refractivity contribution >= 4 is 0 Å². The number of unbranched alkanes of at least 4 members (excludes halogenated alkanes) is 2. The Balaban J connectivity index is 2.24. The minimum Gasteiger partial charge on any atom is -0.330 e. The molecule has 0 amide bonds. The van der Waals surface area contributed by atoms with Crippen LogP contribution in [0.25, 0.3) is 0 Å². The van der Waals surface area contributed by atoms with Crippen molar-refractivity contribution in [3.63, 3.8) is 0 Å². The summed E-state index contributed by atoms with van der Waals surface area (Å²) in [6, 6.07) is 0.775. The van der Waals surface area contributed by atoms with E-state index in [4.69, 9.17) is 5.73 Å². The minimum absolute atomic E-state index is 0.765. The van der Waals surface area contributed by atoms with Gasteiger partial charge in [-0.2, -0.15) is 0 Å². The van der Waals surface area contributed by atoms with Crippen LogP contribution >= 0.6 is 0 Å². The van der Waals surface area contributed by atoms with E-state index in [0.717, 1.165) is 18.5 Å². The molecule has 2 atom stereocenters. The summed E-state index contributed by atoms with van der Waals surface area (Å²) >= 11 is 0. The predicted octanol–water partition coefficient (Wildman–Crippen LogP) is 2.24. The summed E-state index contributed by atoms with van der Waals surface area (Å²) in [5, 5.41) is 0. The number of hydrogen-bond acceptors (Lipinski definition) is 2. The maximum Gasteiger partial charge on any atom is 0.0132 e. The predicted molar refractivity (Wildman–Crippen MR) is 62.3 cm³/mol. The van der Waals surface area contributed by atoms with Crippen molar-refractivity contribution in [2.75, 3.05) is 20.1 Å². The van der Waals surface area contributed by atoms with Gasteiger partial charge >= 0.3 is 0 Å². The van der Waals surface area contributed by atoms with Crippen LogP contribution in [-0.2, 0) is 0 Å². The Morgan fingerprint density at radius 2 is 2.07 bits per heavy atom. The number of nitrogens with two attached hydrogens (primary N) is 1. The van der Waals surface area contributed by atoms with Gasteiger partial charge in [-0.15, -0.1) is 0 Å². The summed E-state index contributed by atoms with van der Waals surface area (Å²) in [4.78, 5) is 2.54. The Kier molecular flexibility index (Phi) is 5.49. The van der Waals surface area contributed by atoms with Crippen molar-refractivity contribution in [3.05, 3.63) is 0 Å². The van der Waals surface area contributed by atoms with Gasteiger partial charge in [0.15, 0.2) is 0 Å². The van der Waals surface area contributed by atoms with E-state index in [9.17, 15) is 0 Å². The third-order valence-corrected chi connectivity index (χ3v) is 3.60. The molecule has 84 valence electrons. The average molecular weight is 198 g/mol. The topological polar surface area (TPSA) is 29.3 Å². The van der Waals surface area contributed by atoms with Crippen molar-refractivity contribution in [1.82, 2.24) is 4.90 Å². The highest BCUT2D eigenvalue weighted by Crippen LogP contribution is 2.28. The summed E-state index contributed by atoms with van der Waals surface area (Å²) in [5.74, 6) is 0.765. The van der Waals surface area contributed by atoms with E-state index in [0.29, 0.717) is 0 Å².